The van der Waals surface area contributed by atoms with Crippen LogP contribution in [0.15, 0.2) is 0 Å². The molecule has 1 aromatic heterocycles. The highest BCUT2D eigenvalue weighted by Gasteiger charge is 2.04. The van der Waals surface area contributed by atoms with Gasteiger partial charge in [-0.3, -0.25) is 0 Å². The highest BCUT2D eigenvalue weighted by Crippen LogP contribution is 2.20. The number of halogens is 1. The predicted octanol–water partition coefficient (Wildman–Crippen LogP) is 0.882. The second kappa shape index (κ2) is 2.27. The van der Waals surface area contributed by atoms with Crippen molar-refractivity contribution in [3.63, 3.8) is 0 Å². The topological polar surface area (TPSA) is 27.1 Å². The Morgan fingerprint density at radius 2 is 2.44 bits per heavy atom. The minimum atomic E-state index is 0.417. The quantitative estimate of drug-likeness (QED) is 0.587. The van der Waals surface area contributed by atoms with Crippen LogP contribution >= 0.6 is 11.6 Å². The molecule has 0 atom stereocenters. The van der Waals surface area contributed by atoms with Crippen LogP contribution in [0, 0.1) is 6.20 Å². The molecule has 1 radical (unpaired) electrons. The van der Waals surface area contributed by atoms with Crippen LogP contribution in [0.5, 0.6) is 5.88 Å². The fourth-order valence-electron chi connectivity index (χ4n) is 0.576. The van der Waals surface area contributed by atoms with Crippen LogP contribution in [0.4, 0.5) is 0 Å². The van der Waals surface area contributed by atoms with Gasteiger partial charge in [0.05, 0.1) is 7.11 Å². The van der Waals surface area contributed by atoms with Crippen molar-refractivity contribution in [3.05, 3.63) is 11.2 Å². The summed E-state index contributed by atoms with van der Waals surface area (Å²) in [5.74, 6) is 0.539. The van der Waals surface area contributed by atoms with Crippen LogP contribution in [0.3, 0.4) is 0 Å². The first-order valence-electron chi connectivity index (χ1n) is 2.40. The number of hydrogen-bond acceptors (Lipinski definition) is 2. The van der Waals surface area contributed by atoms with Gasteiger partial charge in [0.1, 0.15) is 11.2 Å². The molecule has 0 saturated heterocycles. The summed E-state index contributed by atoms with van der Waals surface area (Å²) in [6.45, 7) is 0. The van der Waals surface area contributed by atoms with E-state index in [0.717, 1.165) is 0 Å². The van der Waals surface area contributed by atoms with Crippen LogP contribution in [-0.4, -0.2) is 16.9 Å². The molecule has 49 valence electrons. The van der Waals surface area contributed by atoms with Crippen LogP contribution < -0.4 is 4.74 Å². The lowest BCUT2D eigenvalue weighted by molar-refractivity contribution is 0.373. The Bertz CT molecular complexity index is 189. The van der Waals surface area contributed by atoms with E-state index < -0.39 is 0 Å². The smallest absolute Gasteiger partial charge is 0.231 e. The van der Waals surface area contributed by atoms with Gasteiger partial charge < -0.3 is 4.74 Å². The number of rotatable bonds is 1. The molecule has 0 unspecified atom stereocenters. The Balaban J connectivity index is 3.07. The van der Waals surface area contributed by atoms with Crippen LogP contribution in [0.25, 0.3) is 0 Å². The Morgan fingerprint density at radius 3 is 2.67 bits per heavy atom. The molecule has 0 aliphatic heterocycles. The van der Waals surface area contributed by atoms with Gasteiger partial charge >= 0.3 is 0 Å². The van der Waals surface area contributed by atoms with Gasteiger partial charge in [-0.1, -0.05) is 11.6 Å². The minimum Gasteiger partial charge on any atom is -0.480 e. The van der Waals surface area contributed by atoms with Gasteiger partial charge in [0.2, 0.25) is 5.88 Å². The largest absolute Gasteiger partial charge is 0.480 e. The predicted molar refractivity (Wildman–Crippen MR) is 33.6 cm³/mol. The van der Waals surface area contributed by atoms with E-state index in [-0.39, 0.29) is 0 Å². The van der Waals surface area contributed by atoms with Crippen molar-refractivity contribution in [2.75, 3.05) is 7.11 Å². The van der Waals surface area contributed by atoms with Crippen LogP contribution in [-0.2, 0) is 7.05 Å². The molecular formula is C5H6ClN2O. The first-order chi connectivity index (χ1) is 4.25. The highest BCUT2D eigenvalue weighted by atomic mass is 35.5. The average Bonchev–Trinajstić information content (AvgIpc) is 2.12. The molecule has 3 nitrogen and oxygen atoms in total. The van der Waals surface area contributed by atoms with Gasteiger partial charge in [-0.2, -0.15) is 5.10 Å². The standard InChI is InChI=1S/C5H6ClN2O/c1-8-5(9-2)4(6)3-7-8/h1-2H3. The molecule has 0 aromatic carbocycles. The Labute approximate surface area is 58.2 Å². The molecule has 0 fully saturated rings. The summed E-state index contributed by atoms with van der Waals surface area (Å²) in [4.78, 5) is 0. The average molecular weight is 146 g/mol. The zero-order valence-corrected chi connectivity index (χ0v) is 5.94. The van der Waals surface area contributed by atoms with Gasteiger partial charge in [0.15, 0.2) is 0 Å². The second-order valence-electron chi connectivity index (χ2n) is 1.56. The van der Waals surface area contributed by atoms with Crippen LogP contribution in [0.2, 0.25) is 5.02 Å². The number of hydrogen-bond donors (Lipinski definition) is 0. The third-order valence-corrected chi connectivity index (χ3v) is 1.22. The third-order valence-electron chi connectivity index (χ3n) is 0.973. The van der Waals surface area contributed by atoms with E-state index in [0.29, 0.717) is 10.9 Å². The molecular weight excluding hydrogens is 140 g/mol. The molecule has 1 aromatic rings. The molecule has 4 heteroatoms. The van der Waals surface area contributed by atoms with E-state index in [1.165, 1.54) is 11.8 Å². The summed E-state index contributed by atoms with van der Waals surface area (Å²) in [6.07, 6.45) is 2.54. The number of methoxy groups -OCH3 is 1. The lowest BCUT2D eigenvalue weighted by Crippen LogP contribution is -1.94. The van der Waals surface area contributed by atoms with E-state index >= 15 is 0 Å². The van der Waals surface area contributed by atoms with E-state index in [2.05, 4.69) is 11.3 Å². The van der Waals surface area contributed by atoms with Crippen molar-refractivity contribution in [3.8, 4) is 5.88 Å². The van der Waals surface area contributed by atoms with Crippen LogP contribution in [0.1, 0.15) is 0 Å². The van der Waals surface area contributed by atoms with Crippen molar-refractivity contribution in [2.45, 2.75) is 0 Å². The molecule has 0 spiro atoms. The maximum Gasteiger partial charge on any atom is 0.231 e. The van der Waals surface area contributed by atoms with Crippen molar-refractivity contribution in [1.29, 1.82) is 0 Å². The Hall–Kier alpha value is -0.700. The third kappa shape index (κ3) is 1.00. The SMILES string of the molecule is COc1c(Cl)[c]nn1C. The Morgan fingerprint density at radius 1 is 1.78 bits per heavy atom. The normalized spacial score (nSPS) is 9.67. The highest BCUT2D eigenvalue weighted by molar-refractivity contribution is 6.31. The van der Waals surface area contributed by atoms with Gasteiger partial charge in [0, 0.05) is 7.05 Å². The van der Waals surface area contributed by atoms with E-state index in [1.54, 1.807) is 7.05 Å². The van der Waals surface area contributed by atoms with Gasteiger partial charge in [0.25, 0.3) is 0 Å². The van der Waals surface area contributed by atoms with Crippen molar-refractivity contribution >= 4 is 11.6 Å². The lowest BCUT2D eigenvalue weighted by Gasteiger charge is -1.97. The van der Waals surface area contributed by atoms with Gasteiger partial charge in [-0.05, 0) is 0 Å². The van der Waals surface area contributed by atoms with E-state index in [4.69, 9.17) is 16.3 Å². The zero-order valence-electron chi connectivity index (χ0n) is 5.18. The number of aromatic nitrogens is 2. The summed E-state index contributed by atoms with van der Waals surface area (Å²) in [6, 6.07) is 0. The first kappa shape index (κ1) is 6.42. The molecule has 0 N–H and O–H groups in total. The van der Waals surface area contributed by atoms with E-state index in [1.807, 2.05) is 0 Å². The summed E-state index contributed by atoms with van der Waals surface area (Å²) in [5, 5.41) is 4.14. The maximum atomic E-state index is 5.58. The maximum absolute atomic E-state index is 5.58. The number of ether oxygens (including phenoxy) is 1. The summed E-state index contributed by atoms with van der Waals surface area (Å²) >= 11 is 5.58. The monoisotopic (exact) mass is 145 g/mol. The van der Waals surface area contributed by atoms with Gasteiger partial charge in [-0.15, -0.1) is 0 Å². The molecule has 0 aliphatic carbocycles. The Kier molecular flexibility index (Phi) is 1.62. The fourth-order valence-corrected chi connectivity index (χ4v) is 0.813. The molecule has 1 heterocycles. The molecule has 0 saturated carbocycles. The number of nitrogens with zero attached hydrogens (tertiary/aromatic N) is 2. The molecule has 9 heavy (non-hydrogen) atoms. The lowest BCUT2D eigenvalue weighted by atomic mass is 10.7. The zero-order chi connectivity index (χ0) is 6.85. The molecule has 0 amide bonds. The van der Waals surface area contributed by atoms with Crippen molar-refractivity contribution in [1.82, 2.24) is 9.78 Å². The fraction of sp³-hybridized carbons (Fsp3) is 0.400. The molecule has 1 rings (SSSR count). The van der Waals surface area contributed by atoms with Gasteiger partial charge in [-0.25, -0.2) is 4.68 Å². The second-order valence-corrected chi connectivity index (χ2v) is 1.94. The van der Waals surface area contributed by atoms with E-state index in [9.17, 15) is 0 Å². The minimum absolute atomic E-state index is 0.417. The number of aryl methyl sites for hydroxylation is 1. The molecule has 0 aliphatic rings. The summed E-state index contributed by atoms with van der Waals surface area (Å²) in [5.41, 5.74) is 0. The molecule has 0 bridgehead atoms. The first-order valence-corrected chi connectivity index (χ1v) is 2.77. The summed E-state index contributed by atoms with van der Waals surface area (Å²) < 4.78 is 6.37. The van der Waals surface area contributed by atoms with Crippen molar-refractivity contribution in [2.24, 2.45) is 7.05 Å². The van der Waals surface area contributed by atoms with Crippen molar-refractivity contribution < 1.29 is 4.74 Å². The summed E-state index contributed by atoms with van der Waals surface area (Å²) in [7, 11) is 3.28.